The number of aliphatic carboxylic acids is 1. The van der Waals surface area contributed by atoms with Crippen LogP contribution in [-0.4, -0.2) is 17.6 Å². The van der Waals surface area contributed by atoms with Crippen LogP contribution >= 0.6 is 11.8 Å². The first-order valence-electron chi connectivity index (χ1n) is 6.20. The summed E-state index contributed by atoms with van der Waals surface area (Å²) in [5.41, 5.74) is -0.0900. The Hall–Kier alpha value is -0.280. The Morgan fingerprint density at radius 2 is 1.88 bits per heavy atom. The monoisotopic (exact) mass is 245 g/mol. The van der Waals surface area contributed by atoms with Crippen LogP contribution < -0.4 is 4.84 Å². The molecular weight excluding hydrogens is 226 g/mol. The van der Waals surface area contributed by atoms with Crippen LogP contribution in [0.2, 0.25) is 0 Å². The molecule has 2 saturated carbocycles. The van der Waals surface area contributed by atoms with Crippen molar-refractivity contribution in [2.75, 3.05) is 6.54 Å². The van der Waals surface area contributed by atoms with Gasteiger partial charge in [0.2, 0.25) is 0 Å². The molecule has 0 heterocycles. The third-order valence-electron chi connectivity index (χ3n) is 4.42. The molecule has 16 heavy (non-hydrogen) atoms. The zero-order valence-corrected chi connectivity index (χ0v) is 10.3. The summed E-state index contributed by atoms with van der Waals surface area (Å²) in [7, 11) is 0. The number of hydrogen-bond acceptors (Lipinski definition) is 2. The summed E-state index contributed by atoms with van der Waals surface area (Å²) in [5, 5.41) is 9.03. The Morgan fingerprint density at radius 1 is 1.31 bits per heavy atom. The second-order valence-corrected chi connectivity index (χ2v) is 5.86. The standard InChI is InChI=1S/C12H20ClNO2/c13-14-8-12(7-11(15)16)5-9-3-1-2-4-10(9)6-12/h9-10,14H,1-8H2,(H,15,16)/t9-,10+,12+. The van der Waals surface area contributed by atoms with Crippen molar-refractivity contribution >= 4 is 17.7 Å². The van der Waals surface area contributed by atoms with Gasteiger partial charge in [0.15, 0.2) is 0 Å². The number of nitrogens with one attached hydrogen (secondary N) is 1. The summed E-state index contributed by atoms with van der Waals surface area (Å²) in [6, 6.07) is 0. The van der Waals surface area contributed by atoms with E-state index in [4.69, 9.17) is 16.9 Å². The number of carboxylic acid groups (broad SMARTS) is 1. The van der Waals surface area contributed by atoms with Gasteiger partial charge < -0.3 is 5.11 Å². The number of carboxylic acids is 1. The summed E-state index contributed by atoms with van der Waals surface area (Å²) in [6.07, 6.45) is 7.56. The van der Waals surface area contributed by atoms with Crippen LogP contribution in [0.3, 0.4) is 0 Å². The molecule has 0 aromatic heterocycles. The maximum absolute atomic E-state index is 11.0. The van der Waals surface area contributed by atoms with E-state index in [-0.39, 0.29) is 11.8 Å². The summed E-state index contributed by atoms with van der Waals surface area (Å²) in [6.45, 7) is 0.633. The SMILES string of the molecule is O=C(O)C[C@]1(CNCl)C[C@H]2CCCC[C@H]2C1. The lowest BCUT2D eigenvalue weighted by atomic mass is 9.81. The first-order valence-corrected chi connectivity index (χ1v) is 6.58. The van der Waals surface area contributed by atoms with Crippen molar-refractivity contribution in [2.45, 2.75) is 44.9 Å². The fourth-order valence-electron chi connectivity index (χ4n) is 3.83. The van der Waals surface area contributed by atoms with E-state index in [0.717, 1.165) is 24.7 Å². The summed E-state index contributed by atoms with van der Waals surface area (Å²) in [5.74, 6) is 0.807. The smallest absolute Gasteiger partial charge is 0.303 e. The van der Waals surface area contributed by atoms with Gasteiger partial charge in [0.1, 0.15) is 0 Å². The van der Waals surface area contributed by atoms with E-state index in [1.807, 2.05) is 0 Å². The Morgan fingerprint density at radius 3 is 2.31 bits per heavy atom. The molecule has 0 spiro atoms. The molecule has 4 heteroatoms. The van der Waals surface area contributed by atoms with E-state index >= 15 is 0 Å². The highest BCUT2D eigenvalue weighted by Crippen LogP contribution is 2.52. The maximum Gasteiger partial charge on any atom is 0.303 e. The molecule has 2 aliphatic rings. The van der Waals surface area contributed by atoms with Gasteiger partial charge in [-0.15, -0.1) is 0 Å². The highest BCUT2D eigenvalue weighted by Gasteiger charge is 2.46. The zero-order chi connectivity index (χ0) is 11.6. The van der Waals surface area contributed by atoms with Crippen LogP contribution in [-0.2, 0) is 4.79 Å². The van der Waals surface area contributed by atoms with Crippen molar-refractivity contribution in [1.82, 2.24) is 4.84 Å². The second-order valence-electron chi connectivity index (χ2n) is 5.59. The van der Waals surface area contributed by atoms with Gasteiger partial charge >= 0.3 is 5.97 Å². The lowest BCUT2D eigenvalue weighted by Gasteiger charge is -2.26. The molecule has 2 rings (SSSR count). The molecule has 2 N–H and O–H groups in total. The number of hydrogen-bond donors (Lipinski definition) is 2. The minimum atomic E-state index is -0.689. The summed E-state index contributed by atoms with van der Waals surface area (Å²) >= 11 is 5.61. The van der Waals surface area contributed by atoms with E-state index in [9.17, 15) is 4.79 Å². The predicted molar refractivity (Wildman–Crippen MR) is 63.2 cm³/mol. The van der Waals surface area contributed by atoms with Gasteiger partial charge in [-0.3, -0.25) is 4.79 Å². The Kier molecular flexibility index (Phi) is 3.75. The van der Waals surface area contributed by atoms with Crippen molar-refractivity contribution in [3.63, 3.8) is 0 Å². The molecule has 3 nitrogen and oxygen atoms in total. The molecule has 0 aromatic carbocycles. The molecule has 0 aliphatic heterocycles. The first kappa shape index (κ1) is 12.2. The molecule has 0 radical (unpaired) electrons. The molecule has 92 valence electrons. The molecule has 0 aromatic rings. The predicted octanol–water partition coefficient (Wildman–Crippen LogP) is 2.79. The van der Waals surface area contributed by atoms with E-state index in [2.05, 4.69) is 4.84 Å². The first-order chi connectivity index (χ1) is 7.65. The average Bonchev–Trinajstić information content (AvgIpc) is 2.54. The molecule has 2 fully saturated rings. The summed E-state index contributed by atoms with van der Waals surface area (Å²) in [4.78, 5) is 13.6. The lowest BCUT2D eigenvalue weighted by Crippen LogP contribution is -2.31. The fraction of sp³-hybridized carbons (Fsp3) is 0.917. The van der Waals surface area contributed by atoms with Crippen LogP contribution in [0.5, 0.6) is 0 Å². The van der Waals surface area contributed by atoms with Gasteiger partial charge in [0.05, 0.1) is 6.42 Å². The van der Waals surface area contributed by atoms with Crippen molar-refractivity contribution < 1.29 is 9.90 Å². The fourth-order valence-corrected chi connectivity index (χ4v) is 4.11. The average molecular weight is 246 g/mol. The zero-order valence-electron chi connectivity index (χ0n) is 9.54. The Labute approximate surface area is 102 Å². The van der Waals surface area contributed by atoms with E-state index < -0.39 is 5.97 Å². The van der Waals surface area contributed by atoms with Crippen molar-refractivity contribution in [1.29, 1.82) is 0 Å². The minimum absolute atomic E-state index is 0.0900. The van der Waals surface area contributed by atoms with Crippen LogP contribution in [0.4, 0.5) is 0 Å². The Balaban J connectivity index is 2.06. The van der Waals surface area contributed by atoms with Crippen molar-refractivity contribution in [3.05, 3.63) is 0 Å². The topological polar surface area (TPSA) is 49.3 Å². The van der Waals surface area contributed by atoms with Crippen molar-refractivity contribution in [3.8, 4) is 0 Å². The maximum atomic E-state index is 11.0. The third kappa shape index (κ3) is 2.51. The highest BCUT2D eigenvalue weighted by atomic mass is 35.5. The number of carbonyl (C=O) groups is 1. The van der Waals surface area contributed by atoms with Gasteiger partial charge in [0, 0.05) is 6.54 Å². The van der Waals surface area contributed by atoms with Gasteiger partial charge in [-0.25, -0.2) is 4.84 Å². The largest absolute Gasteiger partial charge is 0.481 e. The molecule has 2 aliphatic carbocycles. The lowest BCUT2D eigenvalue weighted by molar-refractivity contribution is -0.139. The molecule has 3 atom stereocenters. The summed E-state index contributed by atoms with van der Waals surface area (Å²) < 4.78 is 0. The van der Waals surface area contributed by atoms with E-state index in [1.54, 1.807) is 0 Å². The van der Waals surface area contributed by atoms with Gasteiger partial charge in [-0.05, 0) is 41.9 Å². The van der Waals surface area contributed by atoms with Gasteiger partial charge in [-0.1, -0.05) is 25.7 Å². The second kappa shape index (κ2) is 4.92. The van der Waals surface area contributed by atoms with Crippen LogP contribution in [0.15, 0.2) is 0 Å². The van der Waals surface area contributed by atoms with E-state index in [0.29, 0.717) is 6.54 Å². The highest BCUT2D eigenvalue weighted by molar-refractivity contribution is 6.13. The quantitative estimate of drug-likeness (QED) is 0.749. The van der Waals surface area contributed by atoms with Crippen LogP contribution in [0, 0.1) is 17.3 Å². The van der Waals surface area contributed by atoms with Crippen LogP contribution in [0.1, 0.15) is 44.9 Å². The van der Waals surface area contributed by atoms with Gasteiger partial charge in [0.25, 0.3) is 0 Å². The molecular formula is C12H20ClNO2. The third-order valence-corrected chi connectivity index (χ3v) is 4.56. The minimum Gasteiger partial charge on any atom is -0.481 e. The Bertz CT molecular complexity index is 256. The molecule has 0 unspecified atom stereocenters. The number of rotatable bonds is 4. The molecule has 0 amide bonds. The molecule has 0 saturated heterocycles. The normalized spacial score (nSPS) is 38.3. The number of fused-ring (bicyclic) bond motifs is 1. The molecule has 0 bridgehead atoms. The number of halogens is 1. The van der Waals surface area contributed by atoms with E-state index in [1.165, 1.54) is 25.7 Å². The van der Waals surface area contributed by atoms with Gasteiger partial charge in [-0.2, -0.15) is 0 Å². The van der Waals surface area contributed by atoms with Crippen molar-refractivity contribution in [2.24, 2.45) is 17.3 Å². The van der Waals surface area contributed by atoms with Crippen LogP contribution in [0.25, 0.3) is 0 Å².